The van der Waals surface area contributed by atoms with Gasteiger partial charge in [-0.25, -0.2) is 0 Å². The summed E-state index contributed by atoms with van der Waals surface area (Å²) in [5, 5.41) is 7.96. The topological polar surface area (TPSA) is 12.0 Å². The molecule has 2 rings (SSSR count). The highest BCUT2D eigenvalue weighted by molar-refractivity contribution is 9.10. The Balaban J connectivity index is 1.99. The van der Waals surface area contributed by atoms with E-state index in [0.717, 1.165) is 22.2 Å². The lowest BCUT2D eigenvalue weighted by Crippen LogP contribution is -2.43. The molecular weight excluding hydrogens is 346 g/mol. The minimum Gasteiger partial charge on any atom is -0.316 e. The van der Waals surface area contributed by atoms with Gasteiger partial charge in [0.05, 0.1) is 0 Å². The van der Waals surface area contributed by atoms with Gasteiger partial charge in [0.2, 0.25) is 0 Å². The Morgan fingerprint density at radius 2 is 2.22 bits per heavy atom. The van der Waals surface area contributed by atoms with E-state index in [1.54, 1.807) is 0 Å². The zero-order valence-corrected chi connectivity index (χ0v) is 15.0. The van der Waals surface area contributed by atoms with Crippen molar-refractivity contribution in [3.05, 3.63) is 20.8 Å². The third-order valence-corrected chi connectivity index (χ3v) is 8.99. The van der Waals surface area contributed by atoms with Crippen molar-refractivity contribution < 1.29 is 0 Å². The molecular formula is C13H20BrNS3. The van der Waals surface area contributed by atoms with Crippen LogP contribution in [0.25, 0.3) is 0 Å². The van der Waals surface area contributed by atoms with E-state index in [1.165, 1.54) is 15.1 Å². The summed E-state index contributed by atoms with van der Waals surface area (Å²) in [5.41, 5.74) is 0. The van der Waals surface area contributed by atoms with E-state index < -0.39 is 0 Å². The largest absolute Gasteiger partial charge is 0.316 e. The van der Waals surface area contributed by atoms with Crippen LogP contribution in [0.3, 0.4) is 0 Å². The second-order valence-electron chi connectivity index (χ2n) is 4.71. The molecule has 4 unspecified atom stereocenters. The van der Waals surface area contributed by atoms with E-state index in [2.05, 4.69) is 77.1 Å². The van der Waals surface area contributed by atoms with Gasteiger partial charge in [0, 0.05) is 36.9 Å². The van der Waals surface area contributed by atoms with Crippen molar-refractivity contribution in [2.24, 2.45) is 0 Å². The van der Waals surface area contributed by atoms with Crippen molar-refractivity contribution in [3.8, 4) is 0 Å². The lowest BCUT2D eigenvalue weighted by Gasteiger charge is -2.35. The van der Waals surface area contributed by atoms with Crippen molar-refractivity contribution in [3.63, 3.8) is 0 Å². The second-order valence-corrected chi connectivity index (χ2v) is 9.60. The maximum atomic E-state index is 3.64. The first kappa shape index (κ1) is 15.2. The Bertz CT molecular complexity index is 382. The van der Waals surface area contributed by atoms with Crippen LogP contribution in [0.5, 0.6) is 0 Å². The molecule has 0 aliphatic carbocycles. The van der Waals surface area contributed by atoms with Gasteiger partial charge in [-0.15, -0.1) is 11.3 Å². The van der Waals surface area contributed by atoms with Crippen LogP contribution in [0.2, 0.25) is 0 Å². The van der Waals surface area contributed by atoms with Gasteiger partial charge in [-0.05, 0) is 40.8 Å². The molecule has 1 aromatic rings. The van der Waals surface area contributed by atoms with Crippen LogP contribution in [0.15, 0.2) is 15.9 Å². The molecule has 0 aromatic carbocycles. The minimum absolute atomic E-state index is 0.576. The first-order chi connectivity index (χ1) is 8.61. The summed E-state index contributed by atoms with van der Waals surface area (Å²) in [4.78, 5) is 1.46. The van der Waals surface area contributed by atoms with Crippen LogP contribution in [0.4, 0.5) is 0 Å². The minimum atomic E-state index is 0.576. The van der Waals surface area contributed by atoms with Gasteiger partial charge in [0.15, 0.2) is 0 Å². The van der Waals surface area contributed by atoms with Gasteiger partial charge in [-0.3, -0.25) is 0 Å². The maximum absolute atomic E-state index is 3.64. The number of nitrogens with one attached hydrogen (secondary N) is 1. The standard InChI is InChI=1S/C13H20BrNS3/c1-8-9(2)18-13(7-17-8)11(15-3)6-12-10(14)4-5-16-12/h4-5,8-9,11,13,15H,6-7H2,1-3H3. The van der Waals surface area contributed by atoms with Crippen molar-refractivity contribution in [1.29, 1.82) is 0 Å². The lowest BCUT2D eigenvalue weighted by atomic mass is 10.1. The smallest absolute Gasteiger partial charge is 0.0314 e. The van der Waals surface area contributed by atoms with Crippen molar-refractivity contribution >= 4 is 50.8 Å². The maximum Gasteiger partial charge on any atom is 0.0314 e. The molecule has 0 saturated carbocycles. The van der Waals surface area contributed by atoms with E-state index in [-0.39, 0.29) is 0 Å². The molecule has 18 heavy (non-hydrogen) atoms. The molecule has 1 aromatic heterocycles. The monoisotopic (exact) mass is 365 g/mol. The van der Waals surface area contributed by atoms with E-state index in [0.29, 0.717) is 6.04 Å². The van der Waals surface area contributed by atoms with Crippen LogP contribution in [0.1, 0.15) is 18.7 Å². The molecule has 5 heteroatoms. The molecule has 102 valence electrons. The van der Waals surface area contributed by atoms with Crippen LogP contribution in [-0.2, 0) is 6.42 Å². The molecule has 1 aliphatic heterocycles. The summed E-state index contributed by atoms with van der Waals surface area (Å²) in [6.45, 7) is 4.71. The molecule has 0 spiro atoms. The molecule has 4 atom stereocenters. The summed E-state index contributed by atoms with van der Waals surface area (Å²) in [5.74, 6) is 1.27. The van der Waals surface area contributed by atoms with Crippen molar-refractivity contribution in [2.45, 2.75) is 42.1 Å². The predicted octanol–water partition coefficient (Wildman–Crippen LogP) is 4.27. The lowest BCUT2D eigenvalue weighted by molar-refractivity contribution is 0.557. The normalized spacial score (nSPS) is 30.3. The van der Waals surface area contributed by atoms with Crippen LogP contribution < -0.4 is 5.32 Å². The van der Waals surface area contributed by atoms with E-state index in [4.69, 9.17) is 0 Å². The van der Waals surface area contributed by atoms with Gasteiger partial charge in [0.1, 0.15) is 0 Å². The van der Waals surface area contributed by atoms with Crippen LogP contribution in [0, 0.1) is 0 Å². The van der Waals surface area contributed by atoms with Gasteiger partial charge in [-0.2, -0.15) is 23.5 Å². The molecule has 2 heterocycles. The third-order valence-electron chi connectivity index (χ3n) is 3.49. The summed E-state index contributed by atoms with van der Waals surface area (Å²) >= 11 is 9.78. The molecule has 1 saturated heterocycles. The summed E-state index contributed by atoms with van der Waals surface area (Å²) in [6.07, 6.45) is 1.13. The molecule has 1 nitrogen and oxygen atoms in total. The second kappa shape index (κ2) is 7.02. The number of hydrogen-bond acceptors (Lipinski definition) is 4. The average Bonchev–Trinajstić information content (AvgIpc) is 2.75. The summed E-state index contributed by atoms with van der Waals surface area (Å²) in [7, 11) is 2.10. The Hall–Kier alpha value is 0.840. The van der Waals surface area contributed by atoms with Crippen molar-refractivity contribution in [1.82, 2.24) is 5.32 Å². The van der Waals surface area contributed by atoms with Gasteiger partial charge >= 0.3 is 0 Å². The van der Waals surface area contributed by atoms with Gasteiger partial charge < -0.3 is 5.32 Å². The predicted molar refractivity (Wildman–Crippen MR) is 91.3 cm³/mol. The highest BCUT2D eigenvalue weighted by Crippen LogP contribution is 2.38. The first-order valence-corrected chi connectivity index (χ1v) is 9.94. The molecule has 0 amide bonds. The Morgan fingerprint density at radius 3 is 2.78 bits per heavy atom. The number of rotatable bonds is 4. The Morgan fingerprint density at radius 1 is 1.44 bits per heavy atom. The highest BCUT2D eigenvalue weighted by Gasteiger charge is 2.31. The van der Waals surface area contributed by atoms with E-state index in [9.17, 15) is 0 Å². The van der Waals surface area contributed by atoms with Crippen molar-refractivity contribution in [2.75, 3.05) is 12.8 Å². The van der Waals surface area contributed by atoms with Gasteiger partial charge in [-0.1, -0.05) is 13.8 Å². The molecule has 1 aliphatic rings. The molecule has 0 radical (unpaired) electrons. The highest BCUT2D eigenvalue weighted by atomic mass is 79.9. The zero-order valence-electron chi connectivity index (χ0n) is 11.0. The van der Waals surface area contributed by atoms with E-state index in [1.807, 2.05) is 11.3 Å². The fraction of sp³-hybridized carbons (Fsp3) is 0.692. The Labute approximate surface area is 131 Å². The summed E-state index contributed by atoms with van der Waals surface area (Å²) < 4.78 is 1.27. The molecule has 1 fully saturated rings. The third kappa shape index (κ3) is 3.69. The fourth-order valence-electron chi connectivity index (χ4n) is 2.11. The molecule has 0 bridgehead atoms. The summed E-state index contributed by atoms with van der Waals surface area (Å²) in [6, 6.07) is 2.73. The van der Waals surface area contributed by atoms with Crippen LogP contribution in [-0.4, -0.2) is 34.6 Å². The SMILES string of the molecule is CNC(Cc1sccc1Br)C1CSC(C)C(C)S1. The zero-order chi connectivity index (χ0) is 13.1. The number of thiophene rings is 1. The average molecular weight is 366 g/mol. The fourth-order valence-corrected chi connectivity index (χ4v) is 6.85. The molecule has 1 N–H and O–H groups in total. The van der Waals surface area contributed by atoms with E-state index >= 15 is 0 Å². The number of likely N-dealkylation sites (N-methyl/N-ethyl adjacent to an activating group) is 1. The van der Waals surface area contributed by atoms with Gasteiger partial charge in [0.25, 0.3) is 0 Å². The number of thioether (sulfide) groups is 2. The Kier molecular flexibility index (Phi) is 5.94. The number of hydrogen-bond donors (Lipinski definition) is 1. The first-order valence-electron chi connectivity index (χ1n) is 6.28. The van der Waals surface area contributed by atoms with Crippen LogP contribution >= 0.6 is 50.8 Å². The number of halogens is 1. The quantitative estimate of drug-likeness (QED) is 0.855.